The molecule has 0 radical (unpaired) electrons. The van der Waals surface area contributed by atoms with E-state index in [1.54, 1.807) is 13.8 Å². The molecule has 0 bridgehead atoms. The summed E-state index contributed by atoms with van der Waals surface area (Å²) in [6.07, 6.45) is -2.18. The minimum atomic E-state index is -1.63. The molecule has 6 N–H and O–H groups in total. The van der Waals surface area contributed by atoms with E-state index in [9.17, 15) is 28.8 Å². The van der Waals surface area contributed by atoms with Crippen LogP contribution in [0.3, 0.4) is 0 Å². The van der Waals surface area contributed by atoms with Gasteiger partial charge in [-0.3, -0.25) is 28.8 Å². The molecule has 3 unspecified atom stereocenters. The molecule has 0 saturated carbocycles. The molecule has 0 aromatic carbocycles. The Hall–Kier alpha value is -3.02. The van der Waals surface area contributed by atoms with Crippen molar-refractivity contribution in [2.24, 2.45) is 0 Å². The van der Waals surface area contributed by atoms with Gasteiger partial charge in [-0.2, -0.15) is 0 Å². The van der Waals surface area contributed by atoms with Crippen molar-refractivity contribution in [1.82, 2.24) is 16.0 Å². The third-order valence-corrected chi connectivity index (χ3v) is 3.43. The molecule has 0 aliphatic heterocycles. The monoisotopic (exact) mass is 433 g/mol. The molecule has 0 heterocycles. The first kappa shape index (κ1) is 29.2. The Morgan fingerprint density at radius 1 is 0.667 bits per heavy atom. The van der Waals surface area contributed by atoms with Crippen molar-refractivity contribution in [3.63, 3.8) is 0 Å². The van der Waals surface area contributed by atoms with Gasteiger partial charge in [0.1, 0.15) is 6.04 Å². The van der Waals surface area contributed by atoms with Gasteiger partial charge in [0, 0.05) is 6.04 Å². The molecule has 0 aliphatic rings. The molecule has 0 rings (SSSR count). The first-order chi connectivity index (χ1) is 13.8. The van der Waals surface area contributed by atoms with E-state index in [1.807, 2.05) is 13.8 Å². The number of carbonyl (C=O) groups excluding carboxylic acids is 3. The predicted molar refractivity (Wildman–Crippen MR) is 105 cm³/mol. The number of carboxylic acids is 3. The van der Waals surface area contributed by atoms with Crippen LogP contribution in [-0.4, -0.2) is 75.0 Å². The van der Waals surface area contributed by atoms with Crippen LogP contribution >= 0.6 is 0 Å². The molecule has 12 heteroatoms. The normalized spacial score (nSPS) is 13.1. The van der Waals surface area contributed by atoms with Crippen LogP contribution in [-0.2, 0) is 28.8 Å². The van der Waals surface area contributed by atoms with Gasteiger partial charge in [-0.1, -0.05) is 27.7 Å². The van der Waals surface area contributed by atoms with Crippen LogP contribution in [0.1, 0.15) is 53.9 Å². The molecule has 3 atom stereocenters. The van der Waals surface area contributed by atoms with Gasteiger partial charge in [0.05, 0.1) is 31.3 Å². The fraction of sp³-hybridized carbons (Fsp3) is 0.667. The Kier molecular flexibility index (Phi) is 14.5. The summed E-state index contributed by atoms with van der Waals surface area (Å²) in [6.45, 7) is 8.37. The molecule has 12 nitrogen and oxygen atoms in total. The lowest BCUT2D eigenvalue weighted by molar-refractivity contribution is -0.143. The van der Waals surface area contributed by atoms with E-state index in [0.717, 1.165) is 6.92 Å². The Balaban J connectivity index is 0. The van der Waals surface area contributed by atoms with Crippen molar-refractivity contribution in [3.8, 4) is 0 Å². The lowest BCUT2D eigenvalue weighted by Gasteiger charge is -2.24. The maximum atomic E-state index is 12.3. The topological polar surface area (TPSA) is 199 Å². The van der Waals surface area contributed by atoms with Gasteiger partial charge >= 0.3 is 17.9 Å². The molecule has 0 spiro atoms. The molecule has 172 valence electrons. The number of amides is 2. The second-order valence-corrected chi connectivity index (χ2v) is 6.40. The van der Waals surface area contributed by atoms with Crippen LogP contribution in [0.4, 0.5) is 0 Å². The fourth-order valence-electron chi connectivity index (χ4n) is 2.20. The van der Waals surface area contributed by atoms with Crippen LogP contribution in [0.2, 0.25) is 0 Å². The quantitative estimate of drug-likeness (QED) is 0.217. The molecule has 0 aromatic rings. The third kappa shape index (κ3) is 13.2. The number of Topliss-reactive ketones (excluding diaryl/α,β-unsaturated/α-hetero) is 1. The summed E-state index contributed by atoms with van der Waals surface area (Å²) in [5, 5.41) is 33.6. The zero-order valence-corrected chi connectivity index (χ0v) is 17.7. The average molecular weight is 433 g/mol. The second kappa shape index (κ2) is 14.9. The number of carboxylic acid groups (broad SMARTS) is 3. The molecule has 0 aliphatic carbocycles. The molecule has 0 aromatic heterocycles. The van der Waals surface area contributed by atoms with Gasteiger partial charge in [0.15, 0.2) is 5.78 Å². The smallest absolute Gasteiger partial charge is 0.305 e. The highest BCUT2D eigenvalue weighted by molar-refractivity contribution is 5.96. The zero-order chi connectivity index (χ0) is 24.0. The molecule has 30 heavy (non-hydrogen) atoms. The molecule has 0 saturated heterocycles. The van der Waals surface area contributed by atoms with Crippen molar-refractivity contribution < 1.29 is 44.1 Å². The maximum absolute atomic E-state index is 12.3. The Bertz CT molecular complexity index is 634. The van der Waals surface area contributed by atoms with Crippen LogP contribution < -0.4 is 16.0 Å². The minimum Gasteiger partial charge on any atom is -0.481 e. The lowest BCUT2D eigenvalue weighted by Crippen LogP contribution is -2.56. The van der Waals surface area contributed by atoms with E-state index >= 15 is 0 Å². The number of nitrogens with one attached hydrogen (secondary N) is 3. The number of hydrogen-bond acceptors (Lipinski definition) is 7. The van der Waals surface area contributed by atoms with Gasteiger partial charge in [0.2, 0.25) is 11.8 Å². The van der Waals surface area contributed by atoms with Crippen molar-refractivity contribution in [3.05, 3.63) is 0 Å². The van der Waals surface area contributed by atoms with Gasteiger partial charge in [-0.05, 0) is 6.92 Å². The van der Waals surface area contributed by atoms with E-state index in [2.05, 4.69) is 16.0 Å². The number of ketones is 1. The number of carbonyl (C=O) groups is 6. The highest BCUT2D eigenvalue weighted by atomic mass is 16.4. The van der Waals surface area contributed by atoms with Crippen molar-refractivity contribution >= 4 is 35.5 Å². The van der Waals surface area contributed by atoms with Gasteiger partial charge in [-0.15, -0.1) is 0 Å². The third-order valence-electron chi connectivity index (χ3n) is 3.43. The summed E-state index contributed by atoms with van der Waals surface area (Å²) in [5.74, 6) is -6.75. The van der Waals surface area contributed by atoms with Gasteiger partial charge < -0.3 is 31.3 Å². The van der Waals surface area contributed by atoms with Gasteiger partial charge in [0.25, 0.3) is 0 Å². The van der Waals surface area contributed by atoms with Crippen LogP contribution in [0.25, 0.3) is 0 Å². The zero-order valence-electron chi connectivity index (χ0n) is 17.7. The molecular formula is C18H31N3O9. The number of aliphatic carboxylic acids is 3. The Labute approximate surface area is 174 Å². The average Bonchev–Trinajstić information content (AvgIpc) is 2.59. The fourth-order valence-corrected chi connectivity index (χ4v) is 2.20. The van der Waals surface area contributed by atoms with Crippen molar-refractivity contribution in [2.75, 3.05) is 0 Å². The van der Waals surface area contributed by atoms with Crippen LogP contribution in [0.5, 0.6) is 0 Å². The van der Waals surface area contributed by atoms with Crippen molar-refractivity contribution in [1.29, 1.82) is 0 Å². The standard InChI is InChI=1S/C16H25N3O9.C2H6/c1-7(2)17-10(5-13(23)24)15(27)19-11(6-14(25)26)16(28)18-9(8(3)20)4-12(21)22;1-2/h7,9-11,17H,4-6H2,1-3H3,(H,18,28)(H,19,27)(H,21,22)(H,23,24)(H,25,26);1-2H3. The highest BCUT2D eigenvalue weighted by Crippen LogP contribution is 2.02. The largest absolute Gasteiger partial charge is 0.481 e. The molecular weight excluding hydrogens is 402 g/mol. The summed E-state index contributed by atoms with van der Waals surface area (Å²) in [7, 11) is 0. The van der Waals surface area contributed by atoms with Crippen molar-refractivity contribution in [2.45, 2.75) is 78.0 Å². The summed E-state index contributed by atoms with van der Waals surface area (Å²) in [5.41, 5.74) is 0. The minimum absolute atomic E-state index is 0.278. The maximum Gasteiger partial charge on any atom is 0.305 e. The molecule has 2 amide bonds. The first-order valence-electron chi connectivity index (χ1n) is 9.36. The van der Waals surface area contributed by atoms with Gasteiger partial charge in [-0.25, -0.2) is 0 Å². The van der Waals surface area contributed by atoms with E-state index in [4.69, 9.17) is 15.3 Å². The predicted octanol–water partition coefficient (Wildman–Crippen LogP) is -0.638. The van der Waals surface area contributed by atoms with E-state index in [-0.39, 0.29) is 6.04 Å². The Morgan fingerprint density at radius 2 is 1.00 bits per heavy atom. The highest BCUT2D eigenvalue weighted by Gasteiger charge is 2.31. The molecule has 0 fully saturated rings. The summed E-state index contributed by atoms with van der Waals surface area (Å²) < 4.78 is 0. The summed E-state index contributed by atoms with van der Waals surface area (Å²) >= 11 is 0. The number of hydrogen-bond donors (Lipinski definition) is 6. The summed E-state index contributed by atoms with van der Waals surface area (Å²) in [4.78, 5) is 68.8. The Morgan fingerprint density at radius 3 is 1.37 bits per heavy atom. The summed E-state index contributed by atoms with van der Waals surface area (Å²) in [6, 6.07) is -4.54. The second-order valence-electron chi connectivity index (χ2n) is 6.40. The van der Waals surface area contributed by atoms with Crippen LogP contribution in [0.15, 0.2) is 0 Å². The first-order valence-corrected chi connectivity index (χ1v) is 9.36. The van der Waals surface area contributed by atoms with E-state index in [1.165, 1.54) is 0 Å². The van der Waals surface area contributed by atoms with E-state index in [0.29, 0.717) is 0 Å². The van der Waals surface area contributed by atoms with Crippen LogP contribution in [0, 0.1) is 0 Å². The lowest BCUT2D eigenvalue weighted by atomic mass is 10.1. The number of rotatable bonds is 13. The van der Waals surface area contributed by atoms with E-state index < -0.39 is 72.9 Å². The SMILES string of the molecule is CC.CC(=O)C(CC(=O)O)NC(=O)C(CC(=O)O)NC(=O)C(CC(=O)O)NC(C)C.